The van der Waals surface area contributed by atoms with Crippen LogP contribution in [0.2, 0.25) is 0 Å². The van der Waals surface area contributed by atoms with Crippen molar-refractivity contribution < 1.29 is 0 Å². The van der Waals surface area contributed by atoms with E-state index in [2.05, 4.69) is 199 Å². The first-order valence-electron chi connectivity index (χ1n) is 18.4. The van der Waals surface area contributed by atoms with Gasteiger partial charge in [0.15, 0.2) is 0 Å². The molecule has 0 aliphatic heterocycles. The second-order valence-electron chi connectivity index (χ2n) is 14.0. The van der Waals surface area contributed by atoms with Gasteiger partial charge in [-0.1, -0.05) is 127 Å². The van der Waals surface area contributed by atoms with Crippen molar-refractivity contribution in [3.8, 4) is 50.5 Å². The zero-order valence-electron chi connectivity index (χ0n) is 29.3. The highest BCUT2D eigenvalue weighted by molar-refractivity contribution is 7.26. The molecule has 0 radical (unpaired) electrons. The maximum atomic E-state index is 5.21. The number of hydrogen-bond acceptors (Lipinski definition) is 2. The molecule has 3 heteroatoms. The molecule has 0 amide bonds. The van der Waals surface area contributed by atoms with E-state index in [1.165, 1.54) is 75.1 Å². The van der Waals surface area contributed by atoms with E-state index in [1.807, 2.05) is 11.3 Å². The van der Waals surface area contributed by atoms with Crippen molar-refractivity contribution in [3.63, 3.8) is 0 Å². The molecule has 9 aromatic carbocycles. The molecule has 0 saturated carbocycles. The second kappa shape index (κ2) is 12.4. The van der Waals surface area contributed by atoms with Crippen molar-refractivity contribution in [3.05, 3.63) is 194 Å². The van der Waals surface area contributed by atoms with Crippen LogP contribution in [-0.2, 0) is 0 Å². The summed E-state index contributed by atoms with van der Waals surface area (Å²) in [5, 5.41) is 7.57. The Bertz CT molecular complexity index is 3220. The van der Waals surface area contributed by atoms with Crippen molar-refractivity contribution in [2.45, 2.75) is 0 Å². The van der Waals surface area contributed by atoms with Crippen molar-refractivity contribution >= 4 is 64.1 Å². The molecule has 2 nitrogen and oxygen atoms in total. The molecule has 0 N–H and O–H groups in total. The van der Waals surface area contributed by atoms with Gasteiger partial charge in [0.05, 0.1) is 11.0 Å². The molecule has 2 aromatic heterocycles. The summed E-state index contributed by atoms with van der Waals surface area (Å²) in [4.78, 5) is 5.21. The first-order valence-corrected chi connectivity index (χ1v) is 19.2. The average molecular weight is 705 g/mol. The van der Waals surface area contributed by atoms with Gasteiger partial charge in [-0.15, -0.1) is 11.3 Å². The summed E-state index contributed by atoms with van der Waals surface area (Å²) in [5.74, 6) is 0.933. The van der Waals surface area contributed by atoms with Crippen LogP contribution in [0.25, 0.3) is 103 Å². The number of rotatable bonds is 5. The van der Waals surface area contributed by atoms with Crippen LogP contribution in [0.3, 0.4) is 0 Å². The number of hydrogen-bond donors (Lipinski definition) is 0. The molecule has 252 valence electrons. The maximum Gasteiger partial charge on any atom is 0.145 e. The molecule has 0 aliphatic rings. The average Bonchev–Trinajstić information content (AvgIpc) is 3.82. The number of fused-ring (bicyclic) bond motifs is 6. The third-order valence-corrected chi connectivity index (χ3v) is 12.0. The number of imidazole rings is 1. The molecule has 0 saturated heterocycles. The Kier molecular flexibility index (Phi) is 7.07. The van der Waals surface area contributed by atoms with Crippen LogP contribution in [0.4, 0.5) is 0 Å². The summed E-state index contributed by atoms with van der Waals surface area (Å²) < 4.78 is 4.86. The highest BCUT2D eigenvalue weighted by Gasteiger charge is 2.18. The predicted molar refractivity (Wildman–Crippen MR) is 231 cm³/mol. The summed E-state index contributed by atoms with van der Waals surface area (Å²) in [6.07, 6.45) is 0. The highest BCUT2D eigenvalue weighted by Crippen LogP contribution is 2.45. The van der Waals surface area contributed by atoms with Gasteiger partial charge in [-0.2, -0.15) is 0 Å². The number of nitrogens with zero attached hydrogens (tertiary/aromatic N) is 2. The van der Waals surface area contributed by atoms with E-state index < -0.39 is 0 Å². The minimum Gasteiger partial charge on any atom is -0.292 e. The van der Waals surface area contributed by atoms with E-state index in [-0.39, 0.29) is 0 Å². The molecule has 0 atom stereocenters. The molecule has 11 rings (SSSR count). The molecule has 0 spiro atoms. The van der Waals surface area contributed by atoms with Crippen LogP contribution in [0.1, 0.15) is 0 Å². The Morgan fingerprint density at radius 1 is 0.389 bits per heavy atom. The van der Waals surface area contributed by atoms with E-state index in [9.17, 15) is 0 Å². The summed E-state index contributed by atoms with van der Waals surface area (Å²) in [6, 6.07) is 70.5. The van der Waals surface area contributed by atoms with Crippen molar-refractivity contribution in [1.82, 2.24) is 9.55 Å². The Morgan fingerprint density at radius 3 is 1.78 bits per heavy atom. The lowest BCUT2D eigenvalue weighted by atomic mass is 9.93. The SMILES string of the molecule is c1ccc(-n2c(-c3cccc(-c4cc(-c5ccc6ccccc6c5)cc5c4sc4ccc(-c6ccc7ccccc7c6)cc45)c3)nc3ccccc32)cc1. The van der Waals surface area contributed by atoms with Gasteiger partial charge in [0.25, 0.3) is 0 Å². The quantitative estimate of drug-likeness (QED) is 0.174. The normalized spacial score (nSPS) is 11.7. The first-order chi connectivity index (χ1) is 26.7. The Labute approximate surface area is 316 Å². The van der Waals surface area contributed by atoms with Crippen LogP contribution in [0.5, 0.6) is 0 Å². The Morgan fingerprint density at radius 2 is 1.00 bits per heavy atom. The molecule has 54 heavy (non-hydrogen) atoms. The van der Waals surface area contributed by atoms with Gasteiger partial charge >= 0.3 is 0 Å². The second-order valence-corrected chi connectivity index (χ2v) is 15.1. The standard InChI is InChI=1S/C51H32N2S/c1-2-17-43(18-3-1)53-48-20-9-8-19-47(48)52-51(53)41-16-10-15-40(29-41)44-31-42(38-24-22-34-12-5-7-14-36(34)28-38)32-46-45-30-39(25-26-49(45)54-50(44)46)37-23-21-33-11-4-6-13-35(33)27-37/h1-32H. The maximum absolute atomic E-state index is 5.21. The Balaban J connectivity index is 1.13. The molecular weight excluding hydrogens is 673 g/mol. The van der Waals surface area contributed by atoms with Gasteiger partial charge < -0.3 is 0 Å². The predicted octanol–water partition coefficient (Wildman–Crippen LogP) is 14.4. The molecule has 0 bridgehead atoms. The fraction of sp³-hybridized carbons (Fsp3) is 0. The highest BCUT2D eigenvalue weighted by atomic mass is 32.1. The largest absolute Gasteiger partial charge is 0.292 e. The lowest BCUT2D eigenvalue weighted by molar-refractivity contribution is 1.10. The molecule has 2 heterocycles. The van der Waals surface area contributed by atoms with Crippen LogP contribution in [-0.4, -0.2) is 9.55 Å². The van der Waals surface area contributed by atoms with Crippen molar-refractivity contribution in [1.29, 1.82) is 0 Å². The van der Waals surface area contributed by atoms with E-state index in [0.29, 0.717) is 0 Å². The van der Waals surface area contributed by atoms with Crippen LogP contribution >= 0.6 is 11.3 Å². The molecule has 11 aromatic rings. The molecule has 0 unspecified atom stereocenters. The first kappa shape index (κ1) is 30.8. The molecular formula is C51H32N2S. The minimum absolute atomic E-state index is 0.933. The van der Waals surface area contributed by atoms with Gasteiger partial charge in [0, 0.05) is 37.0 Å². The smallest absolute Gasteiger partial charge is 0.145 e. The fourth-order valence-corrected chi connectivity index (χ4v) is 9.26. The van der Waals surface area contributed by atoms with E-state index in [1.54, 1.807) is 0 Å². The zero-order chi connectivity index (χ0) is 35.6. The van der Waals surface area contributed by atoms with Crippen LogP contribution in [0, 0.1) is 0 Å². The monoisotopic (exact) mass is 704 g/mol. The van der Waals surface area contributed by atoms with Crippen LogP contribution in [0.15, 0.2) is 194 Å². The molecule has 0 fully saturated rings. The van der Waals surface area contributed by atoms with Crippen molar-refractivity contribution in [2.75, 3.05) is 0 Å². The van der Waals surface area contributed by atoms with Gasteiger partial charge in [0.1, 0.15) is 5.82 Å². The minimum atomic E-state index is 0.933. The lowest BCUT2D eigenvalue weighted by Gasteiger charge is -2.13. The van der Waals surface area contributed by atoms with Gasteiger partial charge in [-0.25, -0.2) is 4.98 Å². The summed E-state index contributed by atoms with van der Waals surface area (Å²) in [7, 11) is 0. The summed E-state index contributed by atoms with van der Waals surface area (Å²) in [6.45, 7) is 0. The number of aromatic nitrogens is 2. The Hall–Kier alpha value is -6.81. The third kappa shape index (κ3) is 5.13. The summed E-state index contributed by atoms with van der Waals surface area (Å²) in [5.41, 5.74) is 11.5. The zero-order valence-corrected chi connectivity index (χ0v) is 30.1. The van der Waals surface area contributed by atoms with E-state index in [4.69, 9.17) is 4.98 Å². The van der Waals surface area contributed by atoms with E-state index in [0.717, 1.165) is 28.1 Å². The molecule has 0 aliphatic carbocycles. The number of thiophene rings is 1. The van der Waals surface area contributed by atoms with E-state index >= 15 is 0 Å². The summed E-state index contributed by atoms with van der Waals surface area (Å²) >= 11 is 1.88. The van der Waals surface area contributed by atoms with Gasteiger partial charge in [-0.3, -0.25) is 4.57 Å². The van der Waals surface area contributed by atoms with Gasteiger partial charge in [0.2, 0.25) is 0 Å². The topological polar surface area (TPSA) is 17.8 Å². The number of para-hydroxylation sites is 3. The van der Waals surface area contributed by atoms with Crippen molar-refractivity contribution in [2.24, 2.45) is 0 Å². The van der Waals surface area contributed by atoms with Gasteiger partial charge in [-0.05, 0) is 116 Å². The van der Waals surface area contributed by atoms with Crippen LogP contribution < -0.4 is 0 Å². The number of benzene rings is 9. The third-order valence-electron chi connectivity index (χ3n) is 10.7. The fourth-order valence-electron chi connectivity index (χ4n) is 8.06. The lowest BCUT2D eigenvalue weighted by Crippen LogP contribution is -1.97.